The van der Waals surface area contributed by atoms with Gasteiger partial charge in [-0.2, -0.15) is 0 Å². The molecule has 0 amide bonds. The Labute approximate surface area is 168 Å². The molecule has 0 unspecified atom stereocenters. The number of aliphatic carboxylic acids is 2. The van der Waals surface area contributed by atoms with Crippen LogP contribution in [0, 0.1) is 17.3 Å². The van der Waals surface area contributed by atoms with Crippen LogP contribution in [0.3, 0.4) is 0 Å². The first kappa shape index (κ1) is 23.7. The first-order valence-corrected chi connectivity index (χ1v) is 10.1. The number of carboxylic acid groups (broad SMARTS) is 2. The molecule has 0 radical (unpaired) electrons. The highest BCUT2D eigenvalue weighted by atomic mass is 16.4. The van der Waals surface area contributed by atoms with Crippen LogP contribution in [0.4, 0.5) is 0 Å². The minimum absolute atomic E-state index is 0.216. The zero-order valence-corrected chi connectivity index (χ0v) is 17.1. The Hall–Kier alpha value is -2.32. The van der Waals surface area contributed by atoms with Crippen LogP contribution >= 0.6 is 0 Å². The second-order valence-corrected chi connectivity index (χ2v) is 7.41. The molecular weight excluding hydrogens is 354 g/mol. The quantitative estimate of drug-likeness (QED) is 0.268. The minimum Gasteiger partial charge on any atom is -0.480 e. The summed E-state index contributed by atoms with van der Waals surface area (Å²) in [5.74, 6) is 2.70. The Morgan fingerprint density at radius 1 is 0.929 bits per heavy atom. The van der Waals surface area contributed by atoms with Gasteiger partial charge in [0.05, 0.1) is 6.54 Å². The average molecular weight is 388 g/mol. The smallest absolute Gasteiger partial charge is 0.321 e. The standard InChI is InChI=1S/C23H33NO4/c1-3-4-5-6-7-8-11-19-12-14-20(15-13-19)18-24-17-10-9-16-23(2,21(25)26)22(27)28/h12-15,24H,3-8,11,16-18H2,1-2H3,(H,25,26)(H,27,28). The predicted molar refractivity (Wildman–Crippen MR) is 111 cm³/mol. The van der Waals surface area contributed by atoms with E-state index in [4.69, 9.17) is 10.2 Å². The molecule has 5 nitrogen and oxygen atoms in total. The van der Waals surface area contributed by atoms with Crippen LogP contribution in [0.15, 0.2) is 24.3 Å². The van der Waals surface area contributed by atoms with Crippen LogP contribution in [0.25, 0.3) is 0 Å². The first-order valence-electron chi connectivity index (χ1n) is 10.1. The largest absolute Gasteiger partial charge is 0.480 e. The molecule has 0 spiro atoms. The van der Waals surface area contributed by atoms with Gasteiger partial charge in [-0.15, -0.1) is 5.92 Å². The molecule has 5 heteroatoms. The highest BCUT2D eigenvalue weighted by Crippen LogP contribution is 2.21. The molecule has 28 heavy (non-hydrogen) atoms. The molecule has 0 fully saturated rings. The van der Waals surface area contributed by atoms with Crippen LogP contribution < -0.4 is 5.32 Å². The van der Waals surface area contributed by atoms with Crippen molar-refractivity contribution < 1.29 is 19.8 Å². The third-order valence-corrected chi connectivity index (χ3v) is 4.90. The number of hydrogen-bond acceptors (Lipinski definition) is 3. The SMILES string of the molecule is CCCCCCCCc1ccc(CNCC#CCC(C)(C(=O)O)C(=O)O)cc1. The van der Waals surface area contributed by atoms with Gasteiger partial charge in [-0.25, -0.2) is 0 Å². The van der Waals surface area contributed by atoms with Crippen molar-refractivity contribution in [2.45, 2.75) is 71.8 Å². The van der Waals surface area contributed by atoms with E-state index < -0.39 is 17.4 Å². The third-order valence-electron chi connectivity index (χ3n) is 4.90. The Morgan fingerprint density at radius 3 is 2.11 bits per heavy atom. The van der Waals surface area contributed by atoms with Crippen molar-refractivity contribution in [1.82, 2.24) is 5.32 Å². The normalized spacial score (nSPS) is 10.9. The molecular formula is C23H33NO4. The fraction of sp³-hybridized carbons (Fsp3) is 0.565. The third kappa shape index (κ3) is 8.58. The van der Waals surface area contributed by atoms with E-state index in [0.29, 0.717) is 13.1 Å². The summed E-state index contributed by atoms with van der Waals surface area (Å²) < 4.78 is 0. The van der Waals surface area contributed by atoms with Crippen molar-refractivity contribution in [2.75, 3.05) is 6.54 Å². The molecule has 0 aliphatic carbocycles. The van der Waals surface area contributed by atoms with Gasteiger partial charge in [0.25, 0.3) is 0 Å². The summed E-state index contributed by atoms with van der Waals surface area (Å²) in [6.45, 7) is 4.46. The van der Waals surface area contributed by atoms with Crippen molar-refractivity contribution in [2.24, 2.45) is 5.41 Å². The van der Waals surface area contributed by atoms with Crippen molar-refractivity contribution in [3.8, 4) is 11.8 Å². The van der Waals surface area contributed by atoms with Crippen LogP contribution in [-0.2, 0) is 22.6 Å². The molecule has 0 heterocycles. The first-order chi connectivity index (χ1) is 13.4. The zero-order valence-electron chi connectivity index (χ0n) is 17.1. The van der Waals surface area contributed by atoms with E-state index in [1.54, 1.807) is 0 Å². The summed E-state index contributed by atoms with van der Waals surface area (Å²) in [7, 11) is 0. The highest BCUT2D eigenvalue weighted by molar-refractivity contribution is 5.98. The number of carboxylic acids is 2. The molecule has 3 N–H and O–H groups in total. The van der Waals surface area contributed by atoms with Crippen LogP contribution in [0.2, 0.25) is 0 Å². The number of aryl methyl sites for hydroxylation is 1. The Bertz CT molecular complexity index is 656. The summed E-state index contributed by atoms with van der Waals surface area (Å²) in [6, 6.07) is 8.55. The van der Waals surface area contributed by atoms with Gasteiger partial charge >= 0.3 is 11.9 Å². The molecule has 0 saturated heterocycles. The van der Waals surface area contributed by atoms with Gasteiger partial charge in [-0.1, -0.05) is 69.2 Å². The van der Waals surface area contributed by atoms with Crippen LogP contribution in [-0.4, -0.2) is 28.7 Å². The van der Waals surface area contributed by atoms with Crippen molar-refractivity contribution in [1.29, 1.82) is 0 Å². The van der Waals surface area contributed by atoms with Gasteiger partial charge in [-0.3, -0.25) is 9.59 Å². The Kier molecular flexibility index (Phi) is 11.0. The number of carbonyl (C=O) groups is 2. The van der Waals surface area contributed by atoms with Gasteiger partial charge in [0.2, 0.25) is 0 Å². The lowest BCUT2D eigenvalue weighted by Crippen LogP contribution is -2.35. The van der Waals surface area contributed by atoms with Crippen molar-refractivity contribution in [3.63, 3.8) is 0 Å². The van der Waals surface area contributed by atoms with Gasteiger partial charge in [0.1, 0.15) is 0 Å². The molecule has 1 aromatic carbocycles. The number of benzene rings is 1. The maximum Gasteiger partial charge on any atom is 0.321 e. The van der Waals surface area contributed by atoms with Crippen LogP contribution in [0.5, 0.6) is 0 Å². The number of hydrogen-bond donors (Lipinski definition) is 3. The summed E-state index contributed by atoms with van der Waals surface area (Å²) in [6.07, 6.45) is 8.73. The fourth-order valence-electron chi connectivity index (χ4n) is 2.75. The molecule has 0 aliphatic heterocycles. The van der Waals surface area contributed by atoms with Crippen molar-refractivity contribution >= 4 is 11.9 Å². The molecule has 1 rings (SSSR count). The highest BCUT2D eigenvalue weighted by Gasteiger charge is 2.40. The van der Waals surface area contributed by atoms with E-state index >= 15 is 0 Å². The second-order valence-electron chi connectivity index (χ2n) is 7.41. The van der Waals surface area contributed by atoms with Gasteiger partial charge in [0, 0.05) is 13.0 Å². The van der Waals surface area contributed by atoms with Crippen LogP contribution in [0.1, 0.15) is 69.9 Å². The van der Waals surface area contributed by atoms with E-state index in [0.717, 1.165) is 12.0 Å². The Balaban J connectivity index is 2.28. The van der Waals surface area contributed by atoms with E-state index in [1.807, 2.05) is 0 Å². The van der Waals surface area contributed by atoms with Crippen molar-refractivity contribution in [3.05, 3.63) is 35.4 Å². The fourth-order valence-corrected chi connectivity index (χ4v) is 2.75. The maximum absolute atomic E-state index is 11.1. The number of unbranched alkanes of at least 4 members (excludes halogenated alkanes) is 5. The molecule has 1 aromatic rings. The summed E-state index contributed by atoms with van der Waals surface area (Å²) in [5, 5.41) is 21.2. The lowest BCUT2D eigenvalue weighted by molar-refractivity contribution is -0.162. The predicted octanol–water partition coefficient (Wildman–Crippen LogP) is 4.25. The maximum atomic E-state index is 11.1. The van der Waals surface area contributed by atoms with E-state index in [-0.39, 0.29) is 6.42 Å². The van der Waals surface area contributed by atoms with E-state index in [1.165, 1.54) is 51.0 Å². The lowest BCUT2D eigenvalue weighted by Gasteiger charge is -2.15. The molecule has 0 aromatic heterocycles. The summed E-state index contributed by atoms with van der Waals surface area (Å²) >= 11 is 0. The van der Waals surface area contributed by atoms with E-state index in [9.17, 15) is 9.59 Å². The molecule has 0 atom stereocenters. The topological polar surface area (TPSA) is 86.6 Å². The van der Waals surface area contributed by atoms with Gasteiger partial charge < -0.3 is 15.5 Å². The molecule has 0 bridgehead atoms. The van der Waals surface area contributed by atoms with Gasteiger partial charge in [-0.05, 0) is 30.9 Å². The summed E-state index contributed by atoms with van der Waals surface area (Å²) in [5.41, 5.74) is 0.661. The van der Waals surface area contributed by atoms with E-state index in [2.05, 4.69) is 48.3 Å². The van der Waals surface area contributed by atoms with Gasteiger partial charge in [0.15, 0.2) is 5.41 Å². The minimum atomic E-state index is -1.86. The molecule has 154 valence electrons. The monoisotopic (exact) mass is 387 g/mol. The summed E-state index contributed by atoms with van der Waals surface area (Å²) in [4.78, 5) is 22.1. The average Bonchev–Trinajstić information content (AvgIpc) is 2.67. The number of nitrogens with one attached hydrogen (secondary N) is 1. The number of rotatable bonds is 13. The lowest BCUT2D eigenvalue weighted by atomic mass is 9.87. The zero-order chi connectivity index (χ0) is 20.8. The molecule has 0 saturated carbocycles. The molecule has 0 aliphatic rings. The Morgan fingerprint density at radius 2 is 1.50 bits per heavy atom. The second kappa shape index (κ2) is 13.0.